The standard InChI is InChI=1S/C11H10BrClN4/c1-6-5-9(17-11(14)15-6)16-8-4-2-3-7(13)10(8)12/h2-5H,1H3,(H3,14,15,16,17). The summed E-state index contributed by atoms with van der Waals surface area (Å²) >= 11 is 9.40. The summed E-state index contributed by atoms with van der Waals surface area (Å²) in [6.45, 7) is 1.86. The van der Waals surface area contributed by atoms with Gasteiger partial charge in [0.25, 0.3) is 0 Å². The molecular formula is C11H10BrClN4. The molecule has 0 atom stereocenters. The SMILES string of the molecule is Cc1cc(Nc2cccc(Cl)c2Br)nc(N)n1. The Bertz CT molecular complexity index is 539. The van der Waals surface area contributed by atoms with Crippen molar-refractivity contribution in [1.82, 2.24) is 9.97 Å². The molecule has 0 saturated carbocycles. The number of hydrogen-bond acceptors (Lipinski definition) is 4. The van der Waals surface area contributed by atoms with Gasteiger partial charge >= 0.3 is 0 Å². The number of nitrogens with one attached hydrogen (secondary N) is 1. The number of nitrogen functional groups attached to an aromatic ring is 1. The zero-order chi connectivity index (χ0) is 12.4. The second-order valence-corrected chi connectivity index (χ2v) is 4.68. The molecule has 4 nitrogen and oxygen atoms in total. The van der Waals surface area contributed by atoms with Crippen LogP contribution in [0.4, 0.5) is 17.5 Å². The summed E-state index contributed by atoms with van der Waals surface area (Å²) in [5.41, 5.74) is 7.21. The predicted molar refractivity (Wildman–Crippen MR) is 73.6 cm³/mol. The summed E-state index contributed by atoms with van der Waals surface area (Å²) in [6, 6.07) is 7.36. The Balaban J connectivity index is 2.34. The first-order valence-corrected chi connectivity index (χ1v) is 6.05. The van der Waals surface area contributed by atoms with E-state index in [0.29, 0.717) is 10.8 Å². The molecule has 0 bridgehead atoms. The summed E-state index contributed by atoms with van der Waals surface area (Å²) < 4.78 is 0.788. The Morgan fingerprint density at radius 3 is 2.82 bits per heavy atom. The lowest BCUT2D eigenvalue weighted by Crippen LogP contribution is -2.01. The highest BCUT2D eigenvalue weighted by Gasteiger charge is 2.05. The van der Waals surface area contributed by atoms with E-state index in [1.54, 1.807) is 6.07 Å². The molecule has 2 rings (SSSR count). The predicted octanol–water partition coefficient (Wildman–Crippen LogP) is 3.53. The molecule has 0 unspecified atom stereocenters. The number of aryl methyl sites for hydroxylation is 1. The maximum atomic E-state index is 6.00. The third kappa shape index (κ3) is 2.87. The minimum atomic E-state index is 0.241. The Labute approximate surface area is 112 Å². The van der Waals surface area contributed by atoms with Crippen LogP contribution in [0.25, 0.3) is 0 Å². The smallest absolute Gasteiger partial charge is 0.222 e. The van der Waals surface area contributed by atoms with E-state index in [1.807, 2.05) is 25.1 Å². The summed E-state index contributed by atoms with van der Waals surface area (Å²) in [7, 11) is 0. The average Bonchev–Trinajstić information content (AvgIpc) is 2.23. The van der Waals surface area contributed by atoms with Gasteiger partial charge in [0.2, 0.25) is 5.95 Å². The van der Waals surface area contributed by atoms with Gasteiger partial charge in [0.15, 0.2) is 0 Å². The molecule has 0 aliphatic carbocycles. The van der Waals surface area contributed by atoms with Gasteiger partial charge in [0, 0.05) is 11.8 Å². The van der Waals surface area contributed by atoms with Crippen molar-refractivity contribution in [2.75, 3.05) is 11.1 Å². The van der Waals surface area contributed by atoms with Gasteiger partial charge in [-0.25, -0.2) is 4.98 Å². The van der Waals surface area contributed by atoms with E-state index >= 15 is 0 Å². The molecule has 1 aromatic carbocycles. The number of rotatable bonds is 2. The van der Waals surface area contributed by atoms with E-state index < -0.39 is 0 Å². The summed E-state index contributed by atoms with van der Waals surface area (Å²) in [5.74, 6) is 0.878. The van der Waals surface area contributed by atoms with E-state index in [-0.39, 0.29) is 5.95 Å². The quantitative estimate of drug-likeness (QED) is 0.890. The lowest BCUT2D eigenvalue weighted by molar-refractivity contribution is 1.12. The first-order chi connectivity index (χ1) is 8.06. The van der Waals surface area contributed by atoms with Crippen LogP contribution in [0.1, 0.15) is 5.69 Å². The molecule has 0 fully saturated rings. The van der Waals surface area contributed by atoms with E-state index in [2.05, 4.69) is 31.2 Å². The van der Waals surface area contributed by atoms with Crippen LogP contribution in [-0.2, 0) is 0 Å². The number of benzene rings is 1. The highest BCUT2D eigenvalue weighted by atomic mass is 79.9. The van der Waals surface area contributed by atoms with Crippen molar-refractivity contribution >= 4 is 45.0 Å². The minimum Gasteiger partial charge on any atom is -0.368 e. The third-order valence-electron chi connectivity index (χ3n) is 2.09. The Morgan fingerprint density at radius 2 is 2.12 bits per heavy atom. The van der Waals surface area contributed by atoms with Gasteiger partial charge in [-0.1, -0.05) is 17.7 Å². The molecule has 0 aliphatic rings. The van der Waals surface area contributed by atoms with Crippen LogP contribution in [0.5, 0.6) is 0 Å². The fraction of sp³-hybridized carbons (Fsp3) is 0.0909. The number of nitrogens with two attached hydrogens (primary N) is 1. The maximum Gasteiger partial charge on any atom is 0.222 e. The van der Waals surface area contributed by atoms with Gasteiger partial charge in [-0.05, 0) is 35.0 Å². The number of halogens is 2. The van der Waals surface area contributed by atoms with Crippen LogP contribution in [0.3, 0.4) is 0 Å². The normalized spacial score (nSPS) is 10.3. The number of anilines is 3. The first-order valence-electron chi connectivity index (χ1n) is 4.88. The molecular weight excluding hydrogens is 304 g/mol. The molecule has 0 amide bonds. The highest BCUT2D eigenvalue weighted by Crippen LogP contribution is 2.31. The van der Waals surface area contributed by atoms with E-state index in [9.17, 15) is 0 Å². The van der Waals surface area contributed by atoms with Crippen LogP contribution < -0.4 is 11.1 Å². The van der Waals surface area contributed by atoms with Crippen LogP contribution in [0, 0.1) is 6.92 Å². The molecule has 6 heteroatoms. The van der Waals surface area contributed by atoms with Crippen molar-refractivity contribution in [1.29, 1.82) is 0 Å². The number of aromatic nitrogens is 2. The summed E-state index contributed by atoms with van der Waals surface area (Å²) in [5, 5.41) is 3.77. The van der Waals surface area contributed by atoms with Gasteiger partial charge < -0.3 is 11.1 Å². The molecule has 2 aromatic rings. The third-order valence-corrected chi connectivity index (χ3v) is 3.48. The molecule has 88 valence electrons. The minimum absolute atomic E-state index is 0.241. The largest absolute Gasteiger partial charge is 0.368 e. The second kappa shape index (κ2) is 4.89. The molecule has 0 spiro atoms. The van der Waals surface area contributed by atoms with Crippen molar-refractivity contribution < 1.29 is 0 Å². The lowest BCUT2D eigenvalue weighted by atomic mass is 10.3. The topological polar surface area (TPSA) is 63.8 Å². The molecule has 0 radical (unpaired) electrons. The Morgan fingerprint density at radius 1 is 1.35 bits per heavy atom. The van der Waals surface area contributed by atoms with Crippen molar-refractivity contribution in [2.24, 2.45) is 0 Å². The fourth-order valence-corrected chi connectivity index (χ4v) is 1.93. The summed E-state index contributed by atoms with van der Waals surface area (Å²) in [6.07, 6.45) is 0. The van der Waals surface area contributed by atoms with Crippen molar-refractivity contribution in [2.45, 2.75) is 6.92 Å². The fourth-order valence-electron chi connectivity index (χ4n) is 1.39. The summed E-state index contributed by atoms with van der Waals surface area (Å²) in [4.78, 5) is 8.10. The number of hydrogen-bond donors (Lipinski definition) is 2. The zero-order valence-corrected chi connectivity index (χ0v) is 11.4. The van der Waals surface area contributed by atoms with Crippen LogP contribution in [-0.4, -0.2) is 9.97 Å². The molecule has 0 saturated heterocycles. The maximum absolute atomic E-state index is 6.00. The van der Waals surface area contributed by atoms with Crippen LogP contribution in [0.2, 0.25) is 5.02 Å². The van der Waals surface area contributed by atoms with Crippen LogP contribution in [0.15, 0.2) is 28.7 Å². The molecule has 0 aliphatic heterocycles. The number of nitrogens with zero attached hydrogens (tertiary/aromatic N) is 2. The van der Waals surface area contributed by atoms with Crippen molar-refractivity contribution in [3.05, 3.63) is 39.5 Å². The van der Waals surface area contributed by atoms with Gasteiger partial charge in [-0.15, -0.1) is 0 Å². The van der Waals surface area contributed by atoms with Gasteiger partial charge in [0.1, 0.15) is 5.82 Å². The highest BCUT2D eigenvalue weighted by molar-refractivity contribution is 9.10. The van der Waals surface area contributed by atoms with Crippen molar-refractivity contribution in [3.63, 3.8) is 0 Å². The van der Waals surface area contributed by atoms with E-state index in [0.717, 1.165) is 15.9 Å². The zero-order valence-electron chi connectivity index (χ0n) is 9.04. The first kappa shape index (κ1) is 12.1. The average molecular weight is 314 g/mol. The Hall–Kier alpha value is -1.33. The van der Waals surface area contributed by atoms with Gasteiger partial charge in [0.05, 0.1) is 15.2 Å². The van der Waals surface area contributed by atoms with Crippen LogP contribution >= 0.6 is 27.5 Å². The molecule has 1 aromatic heterocycles. The van der Waals surface area contributed by atoms with Gasteiger partial charge in [-0.3, -0.25) is 0 Å². The van der Waals surface area contributed by atoms with E-state index in [4.69, 9.17) is 17.3 Å². The monoisotopic (exact) mass is 312 g/mol. The Kier molecular flexibility index (Phi) is 3.49. The second-order valence-electron chi connectivity index (χ2n) is 3.48. The molecule has 1 heterocycles. The van der Waals surface area contributed by atoms with E-state index in [1.165, 1.54) is 0 Å². The van der Waals surface area contributed by atoms with Gasteiger partial charge in [-0.2, -0.15) is 4.98 Å². The molecule has 3 N–H and O–H groups in total. The van der Waals surface area contributed by atoms with Crippen molar-refractivity contribution in [3.8, 4) is 0 Å². The molecule has 17 heavy (non-hydrogen) atoms. The lowest BCUT2D eigenvalue weighted by Gasteiger charge is -2.09.